The minimum atomic E-state index is -1.04. The number of ether oxygens (including phenoxy) is 5. The zero-order valence-electron chi connectivity index (χ0n) is 29.1. The molecule has 0 saturated carbocycles. The SMILES string of the molecule is CCC1CC[C@@]2(C)OO[C@@]13C(CC)[C@@H](C)C(=O)O[C@@H]3O2.CCC1CC[C@@]2(C)OO[C@@]13C(CC)[C@@H](C)[C@H](OC(=O)CCC(=O)O)O[C@@H]3O2. The number of rotatable bonds is 8. The van der Waals surface area contributed by atoms with Gasteiger partial charge in [0.2, 0.25) is 24.2 Å². The lowest BCUT2D eigenvalue weighted by Crippen LogP contribution is -2.68. The average molecular weight is 671 g/mol. The Morgan fingerprint density at radius 1 is 0.787 bits per heavy atom. The van der Waals surface area contributed by atoms with Gasteiger partial charge in [-0.3, -0.25) is 14.4 Å². The van der Waals surface area contributed by atoms with Gasteiger partial charge >= 0.3 is 17.9 Å². The van der Waals surface area contributed by atoms with Crippen LogP contribution in [0.1, 0.15) is 120 Å². The van der Waals surface area contributed by atoms with E-state index in [9.17, 15) is 14.4 Å². The topological polar surface area (TPSA) is 155 Å². The molecule has 0 aromatic rings. The fourth-order valence-electron chi connectivity index (χ4n) is 9.01. The van der Waals surface area contributed by atoms with Gasteiger partial charge in [-0.1, -0.05) is 54.4 Å². The van der Waals surface area contributed by atoms with Crippen LogP contribution in [0.2, 0.25) is 0 Å². The number of carboxylic acids is 1. The van der Waals surface area contributed by atoms with E-state index in [0.29, 0.717) is 6.42 Å². The Labute approximate surface area is 277 Å². The van der Waals surface area contributed by atoms with Crippen molar-refractivity contribution in [2.45, 2.75) is 161 Å². The predicted octanol–water partition coefficient (Wildman–Crippen LogP) is 5.78. The van der Waals surface area contributed by atoms with Gasteiger partial charge in [0.25, 0.3) is 0 Å². The maximum Gasteiger partial charge on any atom is 0.311 e. The maximum absolute atomic E-state index is 12.1. The molecular weight excluding hydrogens is 616 g/mol. The highest BCUT2D eigenvalue weighted by molar-refractivity contribution is 5.76. The second kappa shape index (κ2) is 13.8. The zero-order chi connectivity index (χ0) is 34.4. The highest BCUT2D eigenvalue weighted by Crippen LogP contribution is 2.57. The van der Waals surface area contributed by atoms with E-state index in [4.69, 9.17) is 48.3 Å². The summed E-state index contributed by atoms with van der Waals surface area (Å²) in [4.78, 5) is 58.1. The van der Waals surface area contributed by atoms with Crippen LogP contribution in [0.15, 0.2) is 0 Å². The zero-order valence-corrected chi connectivity index (χ0v) is 29.1. The average Bonchev–Trinajstić information content (AvgIpc) is 3.38. The Bertz CT molecular complexity index is 1160. The normalized spacial score (nSPS) is 46.9. The number of fused-ring (bicyclic) bond motifs is 6. The molecule has 0 radical (unpaired) electrons. The Morgan fingerprint density at radius 3 is 1.83 bits per heavy atom. The van der Waals surface area contributed by atoms with E-state index in [2.05, 4.69) is 27.7 Å². The fraction of sp³-hybridized carbons (Fsp3) is 0.912. The molecule has 8 aliphatic rings. The van der Waals surface area contributed by atoms with Crippen molar-refractivity contribution in [3.05, 3.63) is 0 Å². The third kappa shape index (κ3) is 6.34. The van der Waals surface area contributed by atoms with Crippen molar-refractivity contribution in [3.63, 3.8) is 0 Å². The highest BCUT2D eigenvalue weighted by Gasteiger charge is 2.68. The van der Waals surface area contributed by atoms with Crippen molar-refractivity contribution in [3.8, 4) is 0 Å². The van der Waals surface area contributed by atoms with Gasteiger partial charge in [0, 0.05) is 30.6 Å². The minimum Gasteiger partial charge on any atom is -0.481 e. The number of carbonyl (C=O) groups excluding carboxylic acids is 2. The minimum absolute atomic E-state index is 0.00104. The second-order valence-electron chi connectivity index (χ2n) is 14.5. The largest absolute Gasteiger partial charge is 0.481 e. The van der Waals surface area contributed by atoms with E-state index in [0.717, 1.165) is 44.9 Å². The molecule has 13 atom stereocenters. The van der Waals surface area contributed by atoms with Crippen LogP contribution >= 0.6 is 0 Å². The molecule has 0 aromatic heterocycles. The summed E-state index contributed by atoms with van der Waals surface area (Å²) in [6.45, 7) is 16.0. The Balaban J connectivity index is 0.000000193. The van der Waals surface area contributed by atoms with Crippen LogP contribution in [0.5, 0.6) is 0 Å². The molecule has 2 spiro atoms. The van der Waals surface area contributed by atoms with Gasteiger partial charge in [-0.15, -0.1) is 0 Å². The molecule has 268 valence electrons. The number of esters is 2. The van der Waals surface area contributed by atoms with Crippen molar-refractivity contribution in [2.24, 2.45) is 35.5 Å². The van der Waals surface area contributed by atoms with Gasteiger partial charge in [0.15, 0.2) is 17.5 Å². The Hall–Kier alpha value is -1.87. The highest BCUT2D eigenvalue weighted by atomic mass is 17.3. The first kappa shape index (κ1) is 36.4. The number of hydrogen-bond donors (Lipinski definition) is 1. The second-order valence-corrected chi connectivity index (χ2v) is 14.5. The molecule has 0 aromatic carbocycles. The van der Waals surface area contributed by atoms with Crippen molar-refractivity contribution in [2.75, 3.05) is 0 Å². The van der Waals surface area contributed by atoms with Crippen LogP contribution in [-0.2, 0) is 57.6 Å². The van der Waals surface area contributed by atoms with Crippen LogP contribution in [-0.4, -0.2) is 64.7 Å². The summed E-state index contributed by atoms with van der Waals surface area (Å²) in [7, 11) is 0. The van der Waals surface area contributed by atoms with E-state index in [1.807, 2.05) is 27.7 Å². The van der Waals surface area contributed by atoms with Crippen LogP contribution < -0.4 is 0 Å². The van der Waals surface area contributed by atoms with Gasteiger partial charge in [-0.25, -0.2) is 19.6 Å². The van der Waals surface area contributed by atoms with Crippen LogP contribution in [0, 0.1) is 35.5 Å². The molecule has 4 unspecified atom stereocenters. The third-order valence-electron chi connectivity index (χ3n) is 11.7. The molecule has 0 aliphatic carbocycles. The van der Waals surface area contributed by atoms with Crippen LogP contribution in [0.4, 0.5) is 0 Å². The number of aliphatic carboxylic acids is 1. The standard InChI is InChI=1S/C19H30O8.C15H24O5/c1-5-12-9-10-18(4)25-17-19(12,27-26-18)13(6-2)11(3)16(24-17)23-15(22)8-7-14(20)21;1-5-10-7-8-14(4)18-13-15(10,20-19-14)11(6-2)9(3)12(16)17-13/h11-13,16-17H,5-10H2,1-4H3,(H,20,21);9-11,13H,5-8H2,1-4H3/t11-,12?,13?,16-,17-,18-,19-;9-,10?,11?,13-,14-,15-/m11/s1. The van der Waals surface area contributed by atoms with Gasteiger partial charge in [-0.05, 0) is 51.4 Å². The summed E-state index contributed by atoms with van der Waals surface area (Å²) in [5.41, 5.74) is -1.41. The molecule has 8 saturated heterocycles. The third-order valence-corrected chi connectivity index (χ3v) is 11.7. The molecule has 8 aliphatic heterocycles. The van der Waals surface area contributed by atoms with Crippen molar-refractivity contribution in [1.82, 2.24) is 0 Å². The molecule has 1 N–H and O–H groups in total. The van der Waals surface area contributed by atoms with E-state index >= 15 is 0 Å². The van der Waals surface area contributed by atoms with Gasteiger partial charge in [0.1, 0.15) is 0 Å². The molecule has 8 heterocycles. The molecular formula is C34H54O13. The lowest BCUT2D eigenvalue weighted by atomic mass is 9.66. The smallest absolute Gasteiger partial charge is 0.311 e. The predicted molar refractivity (Wildman–Crippen MR) is 162 cm³/mol. The van der Waals surface area contributed by atoms with Crippen molar-refractivity contribution < 1.29 is 62.7 Å². The van der Waals surface area contributed by atoms with Crippen molar-refractivity contribution in [1.29, 1.82) is 0 Å². The first-order valence-electron chi connectivity index (χ1n) is 17.6. The number of hydrogen-bond acceptors (Lipinski definition) is 12. The molecule has 13 heteroatoms. The lowest BCUT2D eigenvalue weighted by Gasteiger charge is -2.56. The van der Waals surface area contributed by atoms with E-state index in [-0.39, 0.29) is 54.3 Å². The summed E-state index contributed by atoms with van der Waals surface area (Å²) in [6, 6.07) is 0. The summed E-state index contributed by atoms with van der Waals surface area (Å²) in [5, 5.41) is 8.75. The summed E-state index contributed by atoms with van der Waals surface area (Å²) >= 11 is 0. The molecule has 8 fully saturated rings. The Kier molecular flexibility index (Phi) is 10.7. The molecule has 47 heavy (non-hydrogen) atoms. The first-order valence-corrected chi connectivity index (χ1v) is 17.6. The molecule has 13 nitrogen and oxygen atoms in total. The van der Waals surface area contributed by atoms with E-state index in [1.165, 1.54) is 0 Å². The van der Waals surface area contributed by atoms with Gasteiger partial charge in [-0.2, -0.15) is 0 Å². The van der Waals surface area contributed by atoms with E-state index in [1.54, 1.807) is 0 Å². The summed E-state index contributed by atoms with van der Waals surface area (Å²) in [5.74, 6) is -3.34. The number of carboxylic acid groups (broad SMARTS) is 1. The fourth-order valence-corrected chi connectivity index (χ4v) is 9.01. The maximum atomic E-state index is 12.1. The monoisotopic (exact) mass is 670 g/mol. The van der Waals surface area contributed by atoms with E-state index < -0.39 is 53.6 Å². The quantitative estimate of drug-likeness (QED) is 0.245. The molecule has 4 bridgehead atoms. The van der Waals surface area contributed by atoms with Gasteiger partial charge < -0.3 is 28.8 Å². The first-order chi connectivity index (χ1) is 22.2. The van der Waals surface area contributed by atoms with Gasteiger partial charge in [0.05, 0.1) is 18.8 Å². The van der Waals surface area contributed by atoms with Crippen molar-refractivity contribution >= 4 is 17.9 Å². The summed E-state index contributed by atoms with van der Waals surface area (Å²) < 4.78 is 29.3. The number of carbonyl (C=O) groups is 3. The molecule has 8 rings (SSSR count). The lowest BCUT2D eigenvalue weighted by molar-refractivity contribution is -0.573. The summed E-state index contributed by atoms with van der Waals surface area (Å²) in [6.07, 6.45) is 4.17. The Morgan fingerprint density at radius 2 is 1.32 bits per heavy atom. The molecule has 0 amide bonds. The van der Waals surface area contributed by atoms with Crippen LogP contribution in [0.3, 0.4) is 0 Å². The van der Waals surface area contributed by atoms with Crippen LogP contribution in [0.25, 0.3) is 0 Å².